The molecule has 0 unspecified atom stereocenters. The lowest BCUT2D eigenvalue weighted by Crippen LogP contribution is -2.16. The molecule has 0 aliphatic rings. The summed E-state index contributed by atoms with van der Waals surface area (Å²) in [6.07, 6.45) is 3.01. The third kappa shape index (κ3) is 4.00. The Morgan fingerprint density at radius 1 is 1.35 bits per heavy atom. The minimum absolute atomic E-state index is 0.210. The van der Waals surface area contributed by atoms with Gasteiger partial charge in [-0.25, -0.2) is 5.43 Å². The van der Waals surface area contributed by atoms with E-state index in [2.05, 4.69) is 15.6 Å². The molecule has 1 N–H and O–H groups in total. The molecule has 0 radical (unpaired) electrons. The maximum Gasteiger partial charge on any atom is 0.307 e. The highest BCUT2D eigenvalue weighted by Gasteiger charge is 2.09. The normalized spacial score (nSPS) is 11.0. The quantitative estimate of drug-likeness (QED) is 0.546. The van der Waals surface area contributed by atoms with Crippen molar-refractivity contribution >= 4 is 12.1 Å². The Balaban J connectivity index is 1.75. The van der Waals surface area contributed by atoms with Gasteiger partial charge in [-0.2, -0.15) is 10.2 Å². The van der Waals surface area contributed by atoms with Gasteiger partial charge in [-0.15, -0.1) is 0 Å². The molecular weight excluding hydrogens is 332 g/mol. The van der Waals surface area contributed by atoms with Crippen molar-refractivity contribution in [1.82, 2.24) is 15.2 Å². The van der Waals surface area contributed by atoms with E-state index < -0.39 is 5.91 Å². The molecule has 134 valence electrons. The number of furan rings is 1. The molecule has 0 spiro atoms. The summed E-state index contributed by atoms with van der Waals surface area (Å²) in [6.45, 7) is 4.57. The van der Waals surface area contributed by atoms with Gasteiger partial charge in [0, 0.05) is 11.3 Å². The Hall–Kier alpha value is -3.35. The van der Waals surface area contributed by atoms with E-state index in [1.807, 2.05) is 42.8 Å². The van der Waals surface area contributed by atoms with Crippen LogP contribution in [-0.2, 0) is 6.54 Å². The highest BCUT2D eigenvalue weighted by atomic mass is 16.5. The Bertz CT molecular complexity index is 926. The number of carbonyl (C=O) groups excluding carboxylic acids is 1. The van der Waals surface area contributed by atoms with Crippen LogP contribution in [0.25, 0.3) is 0 Å². The first-order valence-corrected chi connectivity index (χ1v) is 8.11. The predicted octanol–water partition coefficient (Wildman–Crippen LogP) is 2.91. The average Bonchev–Trinajstić information content (AvgIpc) is 3.25. The van der Waals surface area contributed by atoms with Crippen LogP contribution in [0.15, 0.2) is 52.2 Å². The van der Waals surface area contributed by atoms with Crippen molar-refractivity contribution in [3.63, 3.8) is 0 Å². The van der Waals surface area contributed by atoms with E-state index in [9.17, 15) is 4.79 Å². The number of nitrogens with zero attached hydrogens (tertiary/aromatic N) is 3. The molecule has 3 aromatic rings. The van der Waals surface area contributed by atoms with E-state index in [0.717, 1.165) is 28.3 Å². The average molecular weight is 352 g/mol. The SMILES string of the molecule is COc1ccc(/C=N\NC(=O)c2ccco2)cc1Cn1nc(C)cc1C. The Morgan fingerprint density at radius 2 is 2.19 bits per heavy atom. The zero-order valence-electron chi connectivity index (χ0n) is 14.9. The molecule has 1 amide bonds. The van der Waals surface area contributed by atoms with Crippen molar-refractivity contribution in [3.05, 3.63) is 70.9 Å². The third-order valence-corrected chi connectivity index (χ3v) is 3.85. The highest BCUT2D eigenvalue weighted by Crippen LogP contribution is 2.21. The maximum absolute atomic E-state index is 11.8. The van der Waals surface area contributed by atoms with E-state index in [4.69, 9.17) is 9.15 Å². The first kappa shape index (κ1) is 17.5. The van der Waals surface area contributed by atoms with Crippen LogP contribution >= 0.6 is 0 Å². The van der Waals surface area contributed by atoms with Crippen molar-refractivity contribution in [3.8, 4) is 5.75 Å². The summed E-state index contributed by atoms with van der Waals surface area (Å²) < 4.78 is 12.4. The number of benzene rings is 1. The van der Waals surface area contributed by atoms with Crippen LogP contribution in [0.4, 0.5) is 0 Å². The van der Waals surface area contributed by atoms with Crippen LogP contribution in [-0.4, -0.2) is 29.0 Å². The zero-order valence-corrected chi connectivity index (χ0v) is 14.9. The molecule has 1 aromatic carbocycles. The Labute approximate surface area is 151 Å². The molecule has 2 heterocycles. The monoisotopic (exact) mass is 352 g/mol. The van der Waals surface area contributed by atoms with E-state index in [0.29, 0.717) is 6.54 Å². The van der Waals surface area contributed by atoms with Crippen molar-refractivity contribution in [2.24, 2.45) is 5.10 Å². The fraction of sp³-hybridized carbons (Fsp3) is 0.211. The first-order valence-electron chi connectivity index (χ1n) is 8.11. The molecule has 0 atom stereocenters. The molecule has 0 aliphatic carbocycles. The minimum atomic E-state index is -0.400. The van der Waals surface area contributed by atoms with E-state index in [-0.39, 0.29) is 5.76 Å². The number of carbonyl (C=O) groups is 1. The molecule has 0 saturated carbocycles. The second-order valence-electron chi connectivity index (χ2n) is 5.83. The van der Waals surface area contributed by atoms with E-state index in [1.54, 1.807) is 25.5 Å². The van der Waals surface area contributed by atoms with Crippen LogP contribution in [0, 0.1) is 13.8 Å². The minimum Gasteiger partial charge on any atom is -0.496 e. The summed E-state index contributed by atoms with van der Waals surface area (Å²) in [5, 5.41) is 8.46. The van der Waals surface area contributed by atoms with Crippen LogP contribution in [0.1, 0.15) is 33.1 Å². The molecule has 3 rings (SSSR count). The summed E-state index contributed by atoms with van der Waals surface area (Å²) >= 11 is 0. The van der Waals surface area contributed by atoms with Gasteiger partial charge in [0.2, 0.25) is 0 Å². The standard InChI is InChI=1S/C19H20N4O3/c1-13-9-14(2)23(22-13)12-16-10-15(6-7-17(16)25-3)11-20-21-19(24)18-5-4-8-26-18/h4-11H,12H2,1-3H3,(H,21,24)/b20-11-. The Morgan fingerprint density at radius 3 is 2.85 bits per heavy atom. The lowest BCUT2D eigenvalue weighted by atomic mass is 10.1. The van der Waals surface area contributed by atoms with Crippen molar-refractivity contribution in [2.45, 2.75) is 20.4 Å². The molecule has 2 aromatic heterocycles. The summed E-state index contributed by atoms with van der Waals surface area (Å²) in [4.78, 5) is 11.8. The van der Waals surface area contributed by atoms with Gasteiger partial charge in [-0.1, -0.05) is 0 Å². The first-order chi connectivity index (χ1) is 12.6. The lowest BCUT2D eigenvalue weighted by molar-refractivity contribution is 0.0927. The number of methoxy groups -OCH3 is 1. The highest BCUT2D eigenvalue weighted by molar-refractivity contribution is 5.92. The van der Waals surface area contributed by atoms with Crippen LogP contribution in [0.5, 0.6) is 5.75 Å². The largest absolute Gasteiger partial charge is 0.496 e. The van der Waals surface area contributed by atoms with Gasteiger partial charge in [0.1, 0.15) is 5.75 Å². The van der Waals surface area contributed by atoms with Gasteiger partial charge in [0.25, 0.3) is 0 Å². The zero-order chi connectivity index (χ0) is 18.5. The van der Waals surface area contributed by atoms with Gasteiger partial charge >= 0.3 is 5.91 Å². The van der Waals surface area contributed by atoms with Crippen molar-refractivity contribution < 1.29 is 13.9 Å². The number of ether oxygens (including phenoxy) is 1. The number of nitrogens with one attached hydrogen (secondary N) is 1. The topological polar surface area (TPSA) is 81.6 Å². The van der Waals surface area contributed by atoms with Gasteiger partial charge in [0.05, 0.1) is 31.8 Å². The number of aryl methyl sites for hydroxylation is 2. The molecule has 0 saturated heterocycles. The molecule has 7 nitrogen and oxygen atoms in total. The van der Waals surface area contributed by atoms with Gasteiger partial charge in [-0.3, -0.25) is 9.48 Å². The number of hydrazone groups is 1. The smallest absolute Gasteiger partial charge is 0.307 e. The molecular formula is C19H20N4O3. The number of hydrogen-bond acceptors (Lipinski definition) is 5. The number of hydrogen-bond donors (Lipinski definition) is 1. The molecule has 26 heavy (non-hydrogen) atoms. The van der Waals surface area contributed by atoms with Crippen molar-refractivity contribution in [2.75, 3.05) is 7.11 Å². The van der Waals surface area contributed by atoms with E-state index >= 15 is 0 Å². The van der Waals surface area contributed by atoms with Gasteiger partial charge in [0.15, 0.2) is 5.76 Å². The van der Waals surface area contributed by atoms with Crippen LogP contribution < -0.4 is 10.2 Å². The summed E-state index contributed by atoms with van der Waals surface area (Å²) in [7, 11) is 1.64. The fourth-order valence-corrected chi connectivity index (χ4v) is 2.63. The van der Waals surface area contributed by atoms with Gasteiger partial charge < -0.3 is 9.15 Å². The molecule has 7 heteroatoms. The summed E-state index contributed by atoms with van der Waals surface area (Å²) in [5.74, 6) is 0.582. The third-order valence-electron chi connectivity index (χ3n) is 3.85. The molecule has 0 bridgehead atoms. The Kier molecular flexibility index (Phi) is 5.17. The molecule has 0 fully saturated rings. The lowest BCUT2D eigenvalue weighted by Gasteiger charge is -2.11. The van der Waals surface area contributed by atoms with E-state index in [1.165, 1.54) is 6.26 Å². The summed E-state index contributed by atoms with van der Waals surface area (Å²) in [5.41, 5.74) is 6.29. The van der Waals surface area contributed by atoms with Gasteiger partial charge in [-0.05, 0) is 55.8 Å². The number of aromatic nitrogens is 2. The maximum atomic E-state index is 11.8. The molecule has 0 aliphatic heterocycles. The van der Waals surface area contributed by atoms with Crippen molar-refractivity contribution in [1.29, 1.82) is 0 Å². The van der Waals surface area contributed by atoms with Crippen LogP contribution in [0.3, 0.4) is 0 Å². The number of rotatable bonds is 6. The predicted molar refractivity (Wildman–Crippen MR) is 97.6 cm³/mol. The number of amides is 1. The van der Waals surface area contributed by atoms with Crippen LogP contribution in [0.2, 0.25) is 0 Å². The summed E-state index contributed by atoms with van der Waals surface area (Å²) in [6, 6.07) is 10.9. The second-order valence-corrected chi connectivity index (χ2v) is 5.83. The fourth-order valence-electron chi connectivity index (χ4n) is 2.63. The second kappa shape index (κ2) is 7.69.